The van der Waals surface area contributed by atoms with E-state index in [9.17, 15) is 28.4 Å². The number of hydrogen-bond acceptors (Lipinski definition) is 5. The quantitative estimate of drug-likeness (QED) is 0.188. The van der Waals surface area contributed by atoms with Crippen molar-refractivity contribution in [1.82, 2.24) is 21.3 Å². The van der Waals surface area contributed by atoms with Crippen LogP contribution in [0.25, 0.3) is 0 Å². The zero-order valence-corrected chi connectivity index (χ0v) is 20.0. The van der Waals surface area contributed by atoms with Crippen molar-refractivity contribution in [3.8, 4) is 0 Å². The Morgan fingerprint density at radius 3 is 2.09 bits per heavy atom. The molecule has 1 fully saturated rings. The van der Waals surface area contributed by atoms with Crippen molar-refractivity contribution < 1.29 is 28.4 Å². The molecular formula is C22H39FN6O5. The number of alkyl halides is 1. The molecule has 1 saturated carbocycles. The molecule has 0 radical (unpaired) electrons. The molecule has 34 heavy (non-hydrogen) atoms. The molecule has 0 aromatic heterocycles. The molecule has 0 heterocycles. The lowest BCUT2D eigenvalue weighted by molar-refractivity contribution is -0.132. The number of carbonyl (C=O) groups excluding carboxylic acids is 5. The lowest BCUT2D eigenvalue weighted by Crippen LogP contribution is -2.54. The van der Waals surface area contributed by atoms with Crippen molar-refractivity contribution in [2.24, 2.45) is 23.3 Å². The fraction of sp³-hybridized carbons (Fsp3) is 0.773. The highest BCUT2D eigenvalue weighted by Crippen LogP contribution is 2.26. The Kier molecular flexibility index (Phi) is 12.9. The highest BCUT2D eigenvalue weighted by atomic mass is 19.1. The Hall–Kier alpha value is -2.92. The Balaban J connectivity index is 2.43. The summed E-state index contributed by atoms with van der Waals surface area (Å²) in [5.74, 6) is -2.17. The van der Waals surface area contributed by atoms with Crippen LogP contribution in [0.1, 0.15) is 65.2 Å². The van der Waals surface area contributed by atoms with Crippen LogP contribution in [0, 0.1) is 11.8 Å². The summed E-state index contributed by atoms with van der Waals surface area (Å²) in [7, 11) is 0. The smallest absolute Gasteiger partial charge is 0.312 e. The molecule has 0 aromatic carbocycles. The molecule has 0 aromatic rings. The fourth-order valence-electron chi connectivity index (χ4n) is 3.77. The maximum Gasteiger partial charge on any atom is 0.312 e. The van der Waals surface area contributed by atoms with Crippen LogP contribution in [0.5, 0.6) is 0 Å². The third-order valence-electron chi connectivity index (χ3n) is 5.80. The monoisotopic (exact) mass is 486 g/mol. The van der Waals surface area contributed by atoms with Gasteiger partial charge in [-0.2, -0.15) is 0 Å². The van der Waals surface area contributed by atoms with Crippen molar-refractivity contribution in [1.29, 1.82) is 0 Å². The third-order valence-corrected chi connectivity index (χ3v) is 5.80. The average Bonchev–Trinajstić information content (AvgIpc) is 2.76. The van der Waals surface area contributed by atoms with Crippen LogP contribution < -0.4 is 32.7 Å². The van der Waals surface area contributed by atoms with Gasteiger partial charge in [0.15, 0.2) is 0 Å². The summed E-state index contributed by atoms with van der Waals surface area (Å²) < 4.78 is 13.2. The van der Waals surface area contributed by atoms with Gasteiger partial charge in [-0.3, -0.25) is 19.2 Å². The van der Waals surface area contributed by atoms with Crippen LogP contribution in [0.4, 0.5) is 9.18 Å². The molecule has 0 bridgehead atoms. The minimum Gasteiger partial charge on any atom is -0.368 e. The topological polar surface area (TPSA) is 186 Å². The van der Waals surface area contributed by atoms with Crippen LogP contribution in [0.2, 0.25) is 0 Å². The molecule has 1 aliphatic rings. The maximum absolute atomic E-state index is 13.2. The van der Waals surface area contributed by atoms with E-state index in [1.54, 1.807) is 13.8 Å². The number of carbonyl (C=O) groups is 5. The van der Waals surface area contributed by atoms with Gasteiger partial charge >= 0.3 is 6.03 Å². The first kappa shape index (κ1) is 29.1. The van der Waals surface area contributed by atoms with E-state index in [1.807, 2.05) is 0 Å². The van der Waals surface area contributed by atoms with Crippen molar-refractivity contribution in [2.45, 2.75) is 83.5 Å². The summed E-state index contributed by atoms with van der Waals surface area (Å²) >= 11 is 0. The SMILES string of the molecule is CC(C)[C@H](NC(=O)CCCNC(=O)C1CCC(F)CC1)C(=O)NC(CCCNC(N)=O)C(N)=O. The van der Waals surface area contributed by atoms with Gasteiger partial charge < -0.3 is 32.7 Å². The molecule has 1 unspecified atom stereocenters. The summed E-state index contributed by atoms with van der Waals surface area (Å²) in [6.45, 7) is 4.05. The van der Waals surface area contributed by atoms with Crippen LogP contribution in [-0.2, 0) is 19.2 Å². The largest absolute Gasteiger partial charge is 0.368 e. The number of urea groups is 1. The molecule has 0 saturated heterocycles. The lowest BCUT2D eigenvalue weighted by atomic mass is 9.87. The molecule has 1 aliphatic carbocycles. The average molecular weight is 487 g/mol. The van der Waals surface area contributed by atoms with E-state index >= 15 is 0 Å². The number of nitrogens with one attached hydrogen (secondary N) is 4. The molecule has 0 spiro atoms. The molecule has 0 aliphatic heterocycles. The highest BCUT2D eigenvalue weighted by molar-refractivity contribution is 5.91. The first-order valence-corrected chi connectivity index (χ1v) is 11.8. The standard InChI is InChI=1S/C22H39FN6O5/c1-13(2)18(21(33)28-16(19(24)31)5-3-12-27-22(25)34)29-17(30)6-4-11-26-20(32)14-7-9-15(23)10-8-14/h13-16,18H,3-12H2,1-2H3,(H2,24,31)(H,26,32)(H,28,33)(H,29,30)(H3,25,27,34)/t14?,15?,16?,18-/m0/s1. The molecule has 2 atom stereocenters. The molecule has 8 N–H and O–H groups in total. The van der Waals surface area contributed by atoms with E-state index in [4.69, 9.17) is 11.5 Å². The van der Waals surface area contributed by atoms with Crippen LogP contribution >= 0.6 is 0 Å². The number of halogens is 1. The minimum atomic E-state index is -0.956. The summed E-state index contributed by atoms with van der Waals surface area (Å²) in [5, 5.41) is 10.4. The minimum absolute atomic E-state index is 0.103. The zero-order valence-electron chi connectivity index (χ0n) is 20.0. The van der Waals surface area contributed by atoms with Crippen molar-refractivity contribution in [3.63, 3.8) is 0 Å². The van der Waals surface area contributed by atoms with Gasteiger partial charge in [0.25, 0.3) is 0 Å². The van der Waals surface area contributed by atoms with Crippen LogP contribution in [0.15, 0.2) is 0 Å². The number of hydrogen-bond donors (Lipinski definition) is 6. The Labute approximate surface area is 199 Å². The van der Waals surface area contributed by atoms with Gasteiger partial charge in [-0.25, -0.2) is 9.18 Å². The number of nitrogens with two attached hydrogens (primary N) is 2. The second-order valence-electron chi connectivity index (χ2n) is 9.03. The molecule has 1 rings (SSSR count). The molecule has 12 heteroatoms. The van der Waals surface area contributed by atoms with Crippen molar-refractivity contribution in [2.75, 3.05) is 13.1 Å². The predicted molar refractivity (Wildman–Crippen MR) is 124 cm³/mol. The van der Waals surface area contributed by atoms with Crippen molar-refractivity contribution in [3.05, 3.63) is 0 Å². The Morgan fingerprint density at radius 1 is 0.912 bits per heavy atom. The summed E-state index contributed by atoms with van der Waals surface area (Å²) in [6.07, 6.45) is 2.12. The summed E-state index contributed by atoms with van der Waals surface area (Å²) in [4.78, 5) is 59.6. The highest BCUT2D eigenvalue weighted by Gasteiger charge is 2.28. The number of rotatable bonds is 14. The van der Waals surface area contributed by atoms with Gasteiger partial charge in [-0.1, -0.05) is 13.8 Å². The van der Waals surface area contributed by atoms with Gasteiger partial charge in [0, 0.05) is 25.4 Å². The van der Waals surface area contributed by atoms with E-state index in [2.05, 4.69) is 21.3 Å². The zero-order chi connectivity index (χ0) is 25.7. The summed E-state index contributed by atoms with van der Waals surface area (Å²) in [6, 6.07) is -2.52. The molecule has 6 amide bonds. The van der Waals surface area contributed by atoms with Crippen molar-refractivity contribution >= 4 is 29.7 Å². The van der Waals surface area contributed by atoms with E-state index in [0.717, 1.165) is 0 Å². The van der Waals surface area contributed by atoms with Gasteiger partial charge in [0.1, 0.15) is 18.3 Å². The first-order valence-electron chi connectivity index (χ1n) is 11.8. The number of primary amides is 2. The van der Waals surface area contributed by atoms with Gasteiger partial charge in [0.05, 0.1) is 0 Å². The second kappa shape index (κ2) is 15.1. The first-order chi connectivity index (χ1) is 16.0. The lowest BCUT2D eigenvalue weighted by Gasteiger charge is -2.24. The van der Waals surface area contributed by atoms with E-state index in [1.165, 1.54) is 0 Å². The molecular weight excluding hydrogens is 447 g/mol. The van der Waals surface area contributed by atoms with E-state index in [-0.39, 0.29) is 43.0 Å². The summed E-state index contributed by atoms with van der Waals surface area (Å²) in [5.41, 5.74) is 10.3. The predicted octanol–water partition coefficient (Wildman–Crippen LogP) is -0.0295. The molecule has 194 valence electrons. The van der Waals surface area contributed by atoms with Gasteiger partial charge in [-0.15, -0.1) is 0 Å². The van der Waals surface area contributed by atoms with Crippen LogP contribution in [-0.4, -0.2) is 61.0 Å². The third kappa shape index (κ3) is 11.3. The normalized spacial score (nSPS) is 19.5. The van der Waals surface area contributed by atoms with E-state index < -0.39 is 36.1 Å². The van der Waals surface area contributed by atoms with Crippen LogP contribution in [0.3, 0.4) is 0 Å². The fourth-order valence-corrected chi connectivity index (χ4v) is 3.77. The maximum atomic E-state index is 13.2. The Morgan fingerprint density at radius 2 is 1.53 bits per heavy atom. The molecule has 11 nitrogen and oxygen atoms in total. The van der Waals surface area contributed by atoms with Gasteiger partial charge in [0.2, 0.25) is 23.6 Å². The number of amides is 6. The van der Waals surface area contributed by atoms with E-state index in [0.29, 0.717) is 45.1 Å². The van der Waals surface area contributed by atoms with Gasteiger partial charge in [-0.05, 0) is 50.9 Å². The Bertz CT molecular complexity index is 712. The second-order valence-corrected chi connectivity index (χ2v) is 9.03.